The summed E-state index contributed by atoms with van der Waals surface area (Å²) >= 11 is 0. The van der Waals surface area contributed by atoms with Gasteiger partial charge in [0, 0.05) is 12.5 Å². The maximum Gasteiger partial charge on any atom is 0.119 e. The van der Waals surface area contributed by atoms with Gasteiger partial charge in [-0.25, -0.2) is 0 Å². The lowest BCUT2D eigenvalue weighted by Crippen LogP contribution is -2.28. The lowest BCUT2D eigenvalue weighted by atomic mass is 9.91. The predicted molar refractivity (Wildman–Crippen MR) is 51.8 cm³/mol. The monoisotopic (exact) mass is 176 g/mol. The van der Waals surface area contributed by atoms with E-state index in [1.807, 2.05) is 12.1 Å². The number of phenols is 1. The van der Waals surface area contributed by atoms with Crippen LogP contribution >= 0.6 is 0 Å². The Hall–Kier alpha value is -1.02. The van der Waals surface area contributed by atoms with Gasteiger partial charge in [0.15, 0.2) is 0 Å². The zero-order valence-corrected chi connectivity index (χ0v) is 7.59. The molecule has 1 fully saturated rings. The highest BCUT2D eigenvalue weighted by Crippen LogP contribution is 2.29. The van der Waals surface area contributed by atoms with Crippen LogP contribution in [0.5, 0.6) is 5.75 Å². The van der Waals surface area contributed by atoms with Crippen molar-refractivity contribution in [2.75, 3.05) is 13.1 Å². The second-order valence-corrected chi connectivity index (χ2v) is 3.53. The molecule has 0 aromatic heterocycles. The number of benzene rings is 1. The Balaban J connectivity index is 2.18. The first-order chi connectivity index (χ1) is 6.38. The highest BCUT2D eigenvalue weighted by molar-refractivity contribution is 5.34. The van der Waals surface area contributed by atoms with Gasteiger partial charge in [-0.2, -0.15) is 0 Å². The zero-order valence-electron chi connectivity index (χ0n) is 7.59. The van der Waals surface area contributed by atoms with Crippen molar-refractivity contribution >= 4 is 0 Å². The molecular formula is C11H14NO. The SMILES string of the molecule is Oc1c[c]ccc1C1CCCNC1. The highest BCUT2D eigenvalue weighted by atomic mass is 16.3. The quantitative estimate of drug-likeness (QED) is 0.682. The van der Waals surface area contributed by atoms with Crippen LogP contribution in [0.2, 0.25) is 0 Å². The summed E-state index contributed by atoms with van der Waals surface area (Å²) in [6.07, 6.45) is 2.37. The van der Waals surface area contributed by atoms with Gasteiger partial charge < -0.3 is 10.4 Å². The van der Waals surface area contributed by atoms with Crippen LogP contribution in [-0.2, 0) is 0 Å². The van der Waals surface area contributed by atoms with Crippen molar-refractivity contribution in [2.45, 2.75) is 18.8 Å². The third kappa shape index (κ3) is 1.83. The van der Waals surface area contributed by atoms with E-state index in [0.717, 1.165) is 18.7 Å². The molecule has 1 aromatic rings. The van der Waals surface area contributed by atoms with E-state index in [1.54, 1.807) is 6.07 Å². The minimum atomic E-state index is 0.385. The zero-order chi connectivity index (χ0) is 9.10. The molecule has 1 unspecified atom stereocenters. The van der Waals surface area contributed by atoms with Gasteiger partial charge in [0.25, 0.3) is 0 Å². The van der Waals surface area contributed by atoms with Crippen LogP contribution < -0.4 is 5.32 Å². The normalized spacial score (nSPS) is 22.9. The van der Waals surface area contributed by atoms with E-state index in [2.05, 4.69) is 11.4 Å². The van der Waals surface area contributed by atoms with Crippen molar-refractivity contribution in [3.8, 4) is 5.75 Å². The molecule has 1 saturated heterocycles. The summed E-state index contributed by atoms with van der Waals surface area (Å²) in [5.74, 6) is 0.861. The molecule has 2 heteroatoms. The largest absolute Gasteiger partial charge is 0.508 e. The van der Waals surface area contributed by atoms with Crippen LogP contribution in [0.25, 0.3) is 0 Å². The summed E-state index contributed by atoms with van der Waals surface area (Å²) in [5.41, 5.74) is 1.06. The predicted octanol–water partition coefficient (Wildman–Crippen LogP) is 1.66. The van der Waals surface area contributed by atoms with Crippen molar-refractivity contribution in [1.82, 2.24) is 5.32 Å². The number of hydrogen-bond donors (Lipinski definition) is 2. The summed E-state index contributed by atoms with van der Waals surface area (Å²) in [7, 11) is 0. The molecule has 1 aliphatic rings. The van der Waals surface area contributed by atoms with Crippen molar-refractivity contribution in [1.29, 1.82) is 0 Å². The Kier molecular flexibility index (Phi) is 2.50. The Morgan fingerprint density at radius 3 is 3.15 bits per heavy atom. The molecule has 0 amide bonds. The van der Waals surface area contributed by atoms with Crippen LogP contribution in [0.1, 0.15) is 24.3 Å². The van der Waals surface area contributed by atoms with Gasteiger partial charge >= 0.3 is 0 Å². The topological polar surface area (TPSA) is 32.3 Å². The summed E-state index contributed by atoms with van der Waals surface area (Å²) in [6, 6.07) is 8.34. The van der Waals surface area contributed by atoms with Crippen molar-refractivity contribution in [2.24, 2.45) is 0 Å². The molecule has 2 N–H and O–H groups in total. The Morgan fingerprint density at radius 2 is 2.46 bits per heavy atom. The first kappa shape index (κ1) is 8.57. The van der Waals surface area contributed by atoms with E-state index in [-0.39, 0.29) is 0 Å². The smallest absolute Gasteiger partial charge is 0.119 e. The van der Waals surface area contributed by atoms with E-state index < -0.39 is 0 Å². The third-order valence-electron chi connectivity index (χ3n) is 2.61. The molecule has 1 aliphatic heterocycles. The van der Waals surface area contributed by atoms with E-state index in [9.17, 15) is 5.11 Å². The average molecular weight is 176 g/mol. The van der Waals surface area contributed by atoms with Gasteiger partial charge in [-0.3, -0.25) is 0 Å². The highest BCUT2D eigenvalue weighted by Gasteiger charge is 2.17. The van der Waals surface area contributed by atoms with Crippen LogP contribution in [-0.4, -0.2) is 18.2 Å². The van der Waals surface area contributed by atoms with Crippen LogP contribution in [0.4, 0.5) is 0 Å². The van der Waals surface area contributed by atoms with Gasteiger partial charge in [0.1, 0.15) is 5.75 Å². The fourth-order valence-corrected chi connectivity index (χ4v) is 1.90. The fraction of sp³-hybridized carbons (Fsp3) is 0.455. The first-order valence-electron chi connectivity index (χ1n) is 4.77. The van der Waals surface area contributed by atoms with Gasteiger partial charge in [-0.05, 0) is 37.1 Å². The summed E-state index contributed by atoms with van der Waals surface area (Å²) in [5, 5.41) is 12.9. The van der Waals surface area contributed by atoms with Crippen molar-refractivity contribution < 1.29 is 5.11 Å². The maximum atomic E-state index is 9.60. The van der Waals surface area contributed by atoms with Gasteiger partial charge in [-0.1, -0.05) is 12.1 Å². The van der Waals surface area contributed by atoms with Crippen LogP contribution in [0.3, 0.4) is 0 Å². The second-order valence-electron chi connectivity index (χ2n) is 3.53. The molecule has 1 atom stereocenters. The molecule has 13 heavy (non-hydrogen) atoms. The van der Waals surface area contributed by atoms with Crippen molar-refractivity contribution in [3.63, 3.8) is 0 Å². The molecule has 69 valence electrons. The van der Waals surface area contributed by atoms with Gasteiger partial charge in [0.05, 0.1) is 0 Å². The third-order valence-corrected chi connectivity index (χ3v) is 2.61. The average Bonchev–Trinajstić information content (AvgIpc) is 2.20. The van der Waals surface area contributed by atoms with E-state index >= 15 is 0 Å². The molecule has 0 spiro atoms. The minimum Gasteiger partial charge on any atom is -0.508 e. The summed E-state index contributed by atoms with van der Waals surface area (Å²) in [4.78, 5) is 0. The molecule has 1 aromatic carbocycles. The Bertz CT molecular complexity index is 279. The maximum absolute atomic E-state index is 9.60. The van der Waals surface area contributed by atoms with Gasteiger partial charge in [0.2, 0.25) is 0 Å². The number of phenolic OH excluding ortho intramolecular Hbond substituents is 1. The second kappa shape index (κ2) is 3.79. The van der Waals surface area contributed by atoms with E-state index in [1.165, 1.54) is 12.8 Å². The Labute approximate surface area is 78.6 Å². The minimum absolute atomic E-state index is 0.385. The molecule has 1 radical (unpaired) electrons. The van der Waals surface area contributed by atoms with E-state index in [0.29, 0.717) is 11.7 Å². The molecular weight excluding hydrogens is 162 g/mol. The molecule has 2 nitrogen and oxygen atoms in total. The number of piperidine rings is 1. The van der Waals surface area contributed by atoms with Crippen LogP contribution in [0, 0.1) is 6.07 Å². The molecule has 0 bridgehead atoms. The molecule has 2 rings (SSSR count). The number of aromatic hydroxyl groups is 1. The van der Waals surface area contributed by atoms with E-state index in [4.69, 9.17) is 0 Å². The summed E-state index contributed by atoms with van der Waals surface area (Å²) < 4.78 is 0. The van der Waals surface area contributed by atoms with Crippen molar-refractivity contribution in [3.05, 3.63) is 29.8 Å². The number of hydrogen-bond acceptors (Lipinski definition) is 2. The summed E-state index contributed by atoms with van der Waals surface area (Å²) in [6.45, 7) is 2.09. The Morgan fingerprint density at radius 1 is 1.54 bits per heavy atom. The van der Waals surface area contributed by atoms with Crippen LogP contribution in [0.15, 0.2) is 18.2 Å². The molecule has 0 aliphatic carbocycles. The van der Waals surface area contributed by atoms with Gasteiger partial charge in [-0.15, -0.1) is 0 Å². The fourth-order valence-electron chi connectivity index (χ4n) is 1.90. The molecule has 0 saturated carbocycles. The number of rotatable bonds is 1. The number of nitrogens with one attached hydrogen (secondary N) is 1. The standard InChI is InChI=1S/C11H14NO/c13-11-6-2-1-5-10(11)9-4-3-7-12-8-9/h1,5-6,9,12-13H,3-4,7-8H2. The first-order valence-corrected chi connectivity index (χ1v) is 4.77. The molecule has 1 heterocycles. The lowest BCUT2D eigenvalue weighted by Gasteiger charge is -2.23. The lowest BCUT2D eigenvalue weighted by molar-refractivity contribution is 0.425.